The topological polar surface area (TPSA) is 72.2 Å². The molecule has 42 heavy (non-hydrogen) atoms. The van der Waals surface area contributed by atoms with Crippen molar-refractivity contribution in [2.45, 2.75) is 85.2 Å². The zero-order chi connectivity index (χ0) is 29.9. The minimum Gasteiger partial charge on any atom is -0.317 e. The van der Waals surface area contributed by atoms with Gasteiger partial charge in [-0.05, 0) is 138 Å². The second kappa shape index (κ2) is 25.7. The van der Waals surface area contributed by atoms with Crippen molar-refractivity contribution in [2.24, 2.45) is 5.92 Å². The molecule has 0 radical (unpaired) electrons. The fourth-order valence-corrected chi connectivity index (χ4v) is 5.03. The molecule has 2 rings (SSSR count). The lowest BCUT2D eigenvalue weighted by Crippen LogP contribution is -2.26. The van der Waals surface area contributed by atoms with Crippen LogP contribution in [0.5, 0.6) is 0 Å². The molecule has 0 atom stereocenters. The standard InChI is InChI=1S/C36H64N6/c1-4-5-6-10-17-37-18-11-19-38-21-13-24-41-30-33-26-34(28-36(27-33)35-15-8-7-9-16-35)31-42-25-14-22-39-20-12-23-40-29-32(2)3/h7-9,15-16,26-28,32,37-42H,4-6,10-14,17-25,29-31H2,1-3H3. The molecule has 238 valence electrons. The number of benzene rings is 2. The molecule has 0 heterocycles. The smallest absolute Gasteiger partial charge is 0.0205 e. The van der Waals surface area contributed by atoms with Crippen LogP contribution in [-0.4, -0.2) is 65.4 Å². The Balaban J connectivity index is 1.61. The van der Waals surface area contributed by atoms with Gasteiger partial charge in [-0.3, -0.25) is 0 Å². The van der Waals surface area contributed by atoms with E-state index in [4.69, 9.17) is 0 Å². The molecule has 6 nitrogen and oxygen atoms in total. The van der Waals surface area contributed by atoms with Gasteiger partial charge in [0, 0.05) is 13.1 Å². The summed E-state index contributed by atoms with van der Waals surface area (Å²) in [4.78, 5) is 0. The van der Waals surface area contributed by atoms with Gasteiger partial charge in [-0.1, -0.05) is 76.4 Å². The Morgan fingerprint density at radius 1 is 0.476 bits per heavy atom. The van der Waals surface area contributed by atoms with Gasteiger partial charge in [0.2, 0.25) is 0 Å². The van der Waals surface area contributed by atoms with Crippen molar-refractivity contribution in [3.63, 3.8) is 0 Å². The van der Waals surface area contributed by atoms with Gasteiger partial charge in [-0.15, -0.1) is 0 Å². The summed E-state index contributed by atoms with van der Waals surface area (Å²) in [5, 5.41) is 21.6. The quantitative estimate of drug-likeness (QED) is 0.0727. The summed E-state index contributed by atoms with van der Waals surface area (Å²) in [6.45, 7) is 19.5. The third-order valence-electron chi connectivity index (χ3n) is 7.41. The van der Waals surface area contributed by atoms with E-state index in [0.29, 0.717) is 0 Å². The Kier molecular flexibility index (Phi) is 22.2. The van der Waals surface area contributed by atoms with E-state index in [0.717, 1.165) is 90.8 Å². The van der Waals surface area contributed by atoms with Gasteiger partial charge in [0.1, 0.15) is 0 Å². The maximum Gasteiger partial charge on any atom is 0.0205 e. The lowest BCUT2D eigenvalue weighted by Gasteiger charge is -2.13. The van der Waals surface area contributed by atoms with Crippen LogP contribution in [-0.2, 0) is 13.1 Å². The number of nitrogens with one attached hydrogen (secondary N) is 6. The van der Waals surface area contributed by atoms with Crippen LogP contribution < -0.4 is 31.9 Å². The van der Waals surface area contributed by atoms with Crippen LogP contribution in [0.4, 0.5) is 0 Å². The largest absolute Gasteiger partial charge is 0.317 e. The van der Waals surface area contributed by atoms with Crippen molar-refractivity contribution >= 4 is 0 Å². The van der Waals surface area contributed by atoms with E-state index in [2.05, 4.69) is 101 Å². The number of unbranched alkanes of at least 4 members (excludes halogenated alkanes) is 3. The Morgan fingerprint density at radius 2 is 0.952 bits per heavy atom. The number of rotatable bonds is 28. The van der Waals surface area contributed by atoms with Crippen molar-refractivity contribution in [3.05, 3.63) is 59.7 Å². The van der Waals surface area contributed by atoms with Crippen LogP contribution in [0.25, 0.3) is 11.1 Å². The van der Waals surface area contributed by atoms with Crippen LogP contribution >= 0.6 is 0 Å². The predicted molar refractivity (Wildman–Crippen MR) is 184 cm³/mol. The monoisotopic (exact) mass is 581 g/mol. The molecule has 0 amide bonds. The van der Waals surface area contributed by atoms with Gasteiger partial charge in [0.15, 0.2) is 0 Å². The average molecular weight is 581 g/mol. The molecule has 0 unspecified atom stereocenters. The highest BCUT2D eigenvalue weighted by atomic mass is 14.9. The summed E-state index contributed by atoms with van der Waals surface area (Å²) in [6, 6.07) is 17.8. The van der Waals surface area contributed by atoms with Crippen molar-refractivity contribution in [2.75, 3.05) is 65.4 Å². The van der Waals surface area contributed by atoms with Crippen molar-refractivity contribution in [3.8, 4) is 11.1 Å². The van der Waals surface area contributed by atoms with E-state index in [1.54, 1.807) is 0 Å². The average Bonchev–Trinajstić information content (AvgIpc) is 3.00. The molecule has 0 bridgehead atoms. The molecule has 0 saturated carbocycles. The van der Waals surface area contributed by atoms with Crippen molar-refractivity contribution in [1.29, 1.82) is 0 Å². The molecule has 0 aromatic heterocycles. The molecule has 0 aliphatic carbocycles. The minimum absolute atomic E-state index is 0.727. The maximum absolute atomic E-state index is 3.67. The van der Waals surface area contributed by atoms with Gasteiger partial charge >= 0.3 is 0 Å². The highest BCUT2D eigenvalue weighted by Gasteiger charge is 2.04. The zero-order valence-corrected chi connectivity index (χ0v) is 27.3. The number of hydrogen-bond donors (Lipinski definition) is 6. The summed E-state index contributed by atoms with van der Waals surface area (Å²) < 4.78 is 0. The second-order valence-corrected chi connectivity index (χ2v) is 12.1. The van der Waals surface area contributed by atoms with E-state index in [1.807, 2.05) is 0 Å². The first-order valence-electron chi connectivity index (χ1n) is 17.1. The molecular weight excluding hydrogens is 516 g/mol. The molecular formula is C36H64N6. The fourth-order valence-electron chi connectivity index (χ4n) is 5.03. The normalized spacial score (nSPS) is 11.5. The van der Waals surface area contributed by atoms with Crippen LogP contribution in [0.1, 0.15) is 83.3 Å². The summed E-state index contributed by atoms with van der Waals surface area (Å²) in [6.07, 6.45) is 10.0. The fraction of sp³-hybridized carbons (Fsp3) is 0.667. The lowest BCUT2D eigenvalue weighted by atomic mass is 9.99. The van der Waals surface area contributed by atoms with E-state index in [-0.39, 0.29) is 0 Å². The SMILES string of the molecule is CCCCCCNCCCNCCCNCc1cc(CNCCCNCCCNCC(C)C)cc(-c2ccccc2)c1. The molecule has 0 aliphatic heterocycles. The van der Waals surface area contributed by atoms with Gasteiger partial charge in [-0.2, -0.15) is 0 Å². The predicted octanol–water partition coefficient (Wildman–Crippen LogP) is 5.69. The van der Waals surface area contributed by atoms with Gasteiger partial charge in [0.05, 0.1) is 0 Å². The Morgan fingerprint density at radius 3 is 1.45 bits per heavy atom. The van der Waals surface area contributed by atoms with E-state index < -0.39 is 0 Å². The first kappa shape index (κ1) is 36.4. The second-order valence-electron chi connectivity index (χ2n) is 12.1. The molecule has 6 heteroatoms. The van der Waals surface area contributed by atoms with Gasteiger partial charge in [0.25, 0.3) is 0 Å². The first-order chi connectivity index (χ1) is 20.7. The summed E-state index contributed by atoms with van der Waals surface area (Å²) in [5.41, 5.74) is 5.31. The number of hydrogen-bond acceptors (Lipinski definition) is 6. The summed E-state index contributed by atoms with van der Waals surface area (Å²) in [7, 11) is 0. The van der Waals surface area contributed by atoms with Crippen LogP contribution in [0.15, 0.2) is 48.5 Å². The Hall–Kier alpha value is -1.80. The van der Waals surface area contributed by atoms with Crippen molar-refractivity contribution in [1.82, 2.24) is 31.9 Å². The highest BCUT2D eigenvalue weighted by molar-refractivity contribution is 5.65. The zero-order valence-electron chi connectivity index (χ0n) is 27.3. The van der Waals surface area contributed by atoms with Crippen LogP contribution in [0, 0.1) is 5.92 Å². The molecule has 0 aliphatic rings. The third-order valence-corrected chi connectivity index (χ3v) is 7.41. The third kappa shape index (κ3) is 19.4. The Labute approximate surface area is 259 Å². The van der Waals surface area contributed by atoms with E-state index >= 15 is 0 Å². The minimum atomic E-state index is 0.727. The Bertz CT molecular complexity index is 872. The first-order valence-corrected chi connectivity index (χ1v) is 17.1. The summed E-state index contributed by atoms with van der Waals surface area (Å²) >= 11 is 0. The van der Waals surface area contributed by atoms with Crippen LogP contribution in [0.3, 0.4) is 0 Å². The van der Waals surface area contributed by atoms with Crippen LogP contribution in [0.2, 0.25) is 0 Å². The highest BCUT2D eigenvalue weighted by Crippen LogP contribution is 2.22. The molecule has 0 spiro atoms. The maximum atomic E-state index is 3.67. The molecule has 2 aromatic rings. The van der Waals surface area contributed by atoms with Crippen molar-refractivity contribution < 1.29 is 0 Å². The van der Waals surface area contributed by atoms with E-state index in [9.17, 15) is 0 Å². The molecule has 6 N–H and O–H groups in total. The van der Waals surface area contributed by atoms with E-state index in [1.165, 1.54) is 67.3 Å². The van der Waals surface area contributed by atoms with Gasteiger partial charge in [-0.25, -0.2) is 0 Å². The lowest BCUT2D eigenvalue weighted by molar-refractivity contribution is 0.524. The molecule has 0 fully saturated rings. The summed E-state index contributed by atoms with van der Waals surface area (Å²) in [5.74, 6) is 0.727. The van der Waals surface area contributed by atoms with Gasteiger partial charge < -0.3 is 31.9 Å². The molecule has 2 aromatic carbocycles. The molecule has 0 saturated heterocycles.